The van der Waals surface area contributed by atoms with Crippen LogP contribution in [0.5, 0.6) is 0 Å². The molecule has 84 valence electrons. The third-order valence-corrected chi connectivity index (χ3v) is 3.39. The van der Waals surface area contributed by atoms with Gasteiger partial charge in [0.15, 0.2) is 11.5 Å². The summed E-state index contributed by atoms with van der Waals surface area (Å²) >= 11 is 0. The Labute approximate surface area is 94.7 Å². The molecule has 0 radical (unpaired) electrons. The lowest BCUT2D eigenvalue weighted by molar-refractivity contribution is 0.293. The Bertz CT molecular complexity index is 490. The van der Waals surface area contributed by atoms with Crippen LogP contribution in [0.1, 0.15) is 31.6 Å². The summed E-state index contributed by atoms with van der Waals surface area (Å²) in [4.78, 5) is 0. The summed E-state index contributed by atoms with van der Waals surface area (Å²) in [6.07, 6.45) is 4.56. The fraction of sp³-hybridized carbons (Fsp3) is 0.500. The van der Waals surface area contributed by atoms with Gasteiger partial charge in [-0.3, -0.25) is 4.40 Å². The number of pyridine rings is 1. The molecule has 1 aliphatic rings. The lowest BCUT2D eigenvalue weighted by Crippen LogP contribution is -2.34. The summed E-state index contributed by atoms with van der Waals surface area (Å²) in [6.45, 7) is 3.36. The second-order valence-corrected chi connectivity index (χ2v) is 4.54. The molecular weight excluding hydrogens is 200 g/mol. The topological polar surface area (TPSA) is 42.2 Å². The molecule has 3 rings (SSSR count). The summed E-state index contributed by atoms with van der Waals surface area (Å²) in [5.41, 5.74) is 0.928. The first kappa shape index (κ1) is 9.78. The molecule has 0 amide bonds. The lowest BCUT2D eigenvalue weighted by atomic mass is 9.92. The summed E-state index contributed by atoms with van der Waals surface area (Å²) in [5, 5.41) is 12.1. The number of hydrogen-bond donors (Lipinski definition) is 1. The van der Waals surface area contributed by atoms with E-state index in [1.54, 1.807) is 0 Å². The van der Waals surface area contributed by atoms with Gasteiger partial charge in [0.05, 0.1) is 6.04 Å². The molecule has 1 saturated heterocycles. The van der Waals surface area contributed by atoms with Crippen LogP contribution in [0.4, 0.5) is 0 Å². The van der Waals surface area contributed by atoms with E-state index in [2.05, 4.69) is 26.8 Å². The van der Waals surface area contributed by atoms with Crippen LogP contribution in [0, 0.1) is 5.92 Å². The van der Waals surface area contributed by atoms with Crippen LogP contribution in [0.3, 0.4) is 0 Å². The second kappa shape index (κ2) is 3.87. The lowest BCUT2D eigenvalue weighted by Gasteiger charge is -2.28. The monoisotopic (exact) mass is 216 g/mol. The van der Waals surface area contributed by atoms with Crippen LogP contribution in [0.25, 0.3) is 5.65 Å². The number of nitrogens with one attached hydrogen (secondary N) is 1. The fourth-order valence-corrected chi connectivity index (χ4v) is 2.47. The molecule has 0 saturated carbocycles. The molecule has 4 heteroatoms. The standard InChI is InChI=1S/C12H16N4/c1-9-5-4-7-13-11(9)12-15-14-10-6-2-3-8-16(10)12/h2-3,6,8-9,11,13H,4-5,7H2,1H3. The minimum atomic E-state index is 0.339. The van der Waals surface area contributed by atoms with E-state index in [9.17, 15) is 0 Å². The van der Waals surface area contributed by atoms with Crippen molar-refractivity contribution in [1.82, 2.24) is 19.9 Å². The maximum absolute atomic E-state index is 4.32. The molecule has 1 fully saturated rings. The van der Waals surface area contributed by atoms with Gasteiger partial charge in [-0.15, -0.1) is 10.2 Å². The Morgan fingerprint density at radius 1 is 1.38 bits per heavy atom. The van der Waals surface area contributed by atoms with Crippen molar-refractivity contribution in [3.8, 4) is 0 Å². The molecule has 16 heavy (non-hydrogen) atoms. The Balaban J connectivity index is 2.04. The highest BCUT2D eigenvalue weighted by Crippen LogP contribution is 2.27. The van der Waals surface area contributed by atoms with E-state index in [0.717, 1.165) is 18.0 Å². The van der Waals surface area contributed by atoms with Crippen molar-refractivity contribution >= 4 is 5.65 Å². The van der Waals surface area contributed by atoms with Gasteiger partial charge >= 0.3 is 0 Å². The van der Waals surface area contributed by atoms with Crippen molar-refractivity contribution in [2.45, 2.75) is 25.8 Å². The molecule has 0 bridgehead atoms. The molecule has 0 aromatic carbocycles. The van der Waals surface area contributed by atoms with Crippen molar-refractivity contribution in [1.29, 1.82) is 0 Å². The first-order chi connectivity index (χ1) is 7.86. The van der Waals surface area contributed by atoms with Gasteiger partial charge in [-0.05, 0) is 37.4 Å². The van der Waals surface area contributed by atoms with Gasteiger partial charge in [0, 0.05) is 6.20 Å². The molecule has 0 aliphatic carbocycles. The molecule has 2 atom stereocenters. The zero-order valence-corrected chi connectivity index (χ0v) is 9.43. The van der Waals surface area contributed by atoms with Gasteiger partial charge in [-0.1, -0.05) is 13.0 Å². The van der Waals surface area contributed by atoms with Crippen LogP contribution < -0.4 is 5.32 Å². The van der Waals surface area contributed by atoms with E-state index in [1.165, 1.54) is 12.8 Å². The highest BCUT2D eigenvalue weighted by atomic mass is 15.3. The quantitative estimate of drug-likeness (QED) is 0.790. The van der Waals surface area contributed by atoms with Gasteiger partial charge in [0.2, 0.25) is 0 Å². The number of hydrogen-bond acceptors (Lipinski definition) is 3. The number of rotatable bonds is 1. The minimum absolute atomic E-state index is 0.339. The van der Waals surface area contributed by atoms with Crippen LogP contribution in [0.15, 0.2) is 24.4 Å². The molecule has 1 N–H and O–H groups in total. The van der Waals surface area contributed by atoms with E-state index in [-0.39, 0.29) is 0 Å². The van der Waals surface area contributed by atoms with Gasteiger partial charge in [-0.2, -0.15) is 0 Å². The zero-order chi connectivity index (χ0) is 11.0. The van der Waals surface area contributed by atoms with E-state index in [0.29, 0.717) is 12.0 Å². The van der Waals surface area contributed by atoms with Gasteiger partial charge in [0.25, 0.3) is 0 Å². The molecule has 2 aromatic heterocycles. The van der Waals surface area contributed by atoms with Crippen molar-refractivity contribution in [3.63, 3.8) is 0 Å². The maximum Gasteiger partial charge on any atom is 0.160 e. The molecule has 4 nitrogen and oxygen atoms in total. The highest BCUT2D eigenvalue weighted by molar-refractivity contribution is 5.37. The first-order valence-electron chi connectivity index (χ1n) is 5.89. The normalized spacial score (nSPS) is 26.1. The third kappa shape index (κ3) is 1.50. The number of piperidine rings is 1. The van der Waals surface area contributed by atoms with E-state index < -0.39 is 0 Å². The van der Waals surface area contributed by atoms with Crippen LogP contribution >= 0.6 is 0 Å². The van der Waals surface area contributed by atoms with Crippen molar-refractivity contribution in [2.75, 3.05) is 6.54 Å². The summed E-state index contributed by atoms with van der Waals surface area (Å²) in [7, 11) is 0. The zero-order valence-electron chi connectivity index (χ0n) is 9.43. The van der Waals surface area contributed by atoms with Crippen molar-refractivity contribution in [2.24, 2.45) is 5.92 Å². The fourth-order valence-electron chi connectivity index (χ4n) is 2.47. The van der Waals surface area contributed by atoms with E-state index in [1.807, 2.05) is 24.4 Å². The average molecular weight is 216 g/mol. The van der Waals surface area contributed by atoms with Crippen LogP contribution in [-0.2, 0) is 0 Å². The largest absolute Gasteiger partial charge is 0.307 e. The minimum Gasteiger partial charge on any atom is -0.307 e. The van der Waals surface area contributed by atoms with Gasteiger partial charge < -0.3 is 5.32 Å². The highest BCUT2D eigenvalue weighted by Gasteiger charge is 2.26. The molecule has 1 aliphatic heterocycles. The van der Waals surface area contributed by atoms with E-state index in [4.69, 9.17) is 0 Å². The predicted octanol–water partition coefficient (Wildman–Crippen LogP) is 1.79. The summed E-state index contributed by atoms with van der Waals surface area (Å²) in [5.74, 6) is 1.67. The van der Waals surface area contributed by atoms with Crippen molar-refractivity contribution < 1.29 is 0 Å². The Morgan fingerprint density at radius 2 is 2.31 bits per heavy atom. The predicted molar refractivity (Wildman–Crippen MR) is 62.1 cm³/mol. The Hall–Kier alpha value is -1.42. The van der Waals surface area contributed by atoms with E-state index >= 15 is 0 Å². The number of aromatic nitrogens is 3. The smallest absolute Gasteiger partial charge is 0.160 e. The molecule has 2 aromatic rings. The number of nitrogens with zero attached hydrogens (tertiary/aromatic N) is 3. The average Bonchev–Trinajstić information content (AvgIpc) is 2.74. The maximum atomic E-state index is 4.32. The van der Waals surface area contributed by atoms with Gasteiger partial charge in [-0.25, -0.2) is 0 Å². The first-order valence-corrected chi connectivity index (χ1v) is 5.89. The summed E-state index contributed by atoms with van der Waals surface area (Å²) < 4.78 is 2.08. The SMILES string of the molecule is CC1CCCNC1c1nnc2ccccn12. The molecular formula is C12H16N4. The summed E-state index contributed by atoms with van der Waals surface area (Å²) in [6, 6.07) is 6.34. The second-order valence-electron chi connectivity index (χ2n) is 4.54. The molecule has 2 unspecified atom stereocenters. The van der Waals surface area contributed by atoms with Crippen LogP contribution in [0.2, 0.25) is 0 Å². The third-order valence-electron chi connectivity index (χ3n) is 3.39. The Kier molecular flexibility index (Phi) is 2.36. The molecule has 0 spiro atoms. The molecule has 3 heterocycles. The van der Waals surface area contributed by atoms with Gasteiger partial charge in [0.1, 0.15) is 0 Å². The Morgan fingerprint density at radius 3 is 3.19 bits per heavy atom. The van der Waals surface area contributed by atoms with Crippen molar-refractivity contribution in [3.05, 3.63) is 30.2 Å². The number of fused-ring (bicyclic) bond motifs is 1. The van der Waals surface area contributed by atoms with Crippen LogP contribution in [-0.4, -0.2) is 21.1 Å².